The predicted octanol–water partition coefficient (Wildman–Crippen LogP) is 4.60. The zero-order valence-corrected chi connectivity index (χ0v) is 16.5. The van der Waals surface area contributed by atoms with E-state index in [9.17, 15) is 4.79 Å². The summed E-state index contributed by atoms with van der Waals surface area (Å²) < 4.78 is 1.21. The lowest BCUT2D eigenvalue weighted by molar-refractivity contribution is -0.118. The molecule has 0 radical (unpaired) electrons. The third-order valence-corrected chi connectivity index (χ3v) is 4.99. The molecular formula is C21H25N3OS. The van der Waals surface area contributed by atoms with Gasteiger partial charge >= 0.3 is 0 Å². The van der Waals surface area contributed by atoms with Crippen LogP contribution in [0.4, 0.5) is 5.69 Å². The first-order chi connectivity index (χ1) is 12.3. The Morgan fingerprint density at radius 3 is 2.46 bits per heavy atom. The van der Waals surface area contributed by atoms with Crippen molar-refractivity contribution in [3.63, 3.8) is 0 Å². The molecule has 1 heterocycles. The van der Waals surface area contributed by atoms with Crippen molar-refractivity contribution < 1.29 is 4.79 Å². The van der Waals surface area contributed by atoms with Crippen molar-refractivity contribution in [3.8, 4) is 0 Å². The summed E-state index contributed by atoms with van der Waals surface area (Å²) in [5.74, 6) is -0.0288. The van der Waals surface area contributed by atoms with Gasteiger partial charge in [0.25, 0.3) is 0 Å². The van der Waals surface area contributed by atoms with Crippen LogP contribution in [0.2, 0.25) is 0 Å². The Balaban J connectivity index is 1.62. The molecule has 2 aromatic carbocycles. The number of nitrogens with one attached hydrogen (secondary N) is 2. The topological polar surface area (TPSA) is 54.0 Å². The lowest BCUT2D eigenvalue weighted by atomic mass is 10.1. The van der Waals surface area contributed by atoms with E-state index in [2.05, 4.69) is 21.7 Å². The number of anilines is 1. The summed E-state index contributed by atoms with van der Waals surface area (Å²) in [6.07, 6.45) is 0.801. The van der Waals surface area contributed by atoms with E-state index in [0.29, 0.717) is 0 Å². The predicted molar refractivity (Wildman–Crippen MR) is 110 cm³/mol. The van der Waals surface area contributed by atoms with E-state index in [1.54, 1.807) is 11.3 Å². The van der Waals surface area contributed by atoms with Crippen molar-refractivity contribution in [2.75, 3.05) is 5.32 Å². The molecule has 4 nitrogen and oxygen atoms in total. The summed E-state index contributed by atoms with van der Waals surface area (Å²) in [6.45, 7) is 8.02. The highest BCUT2D eigenvalue weighted by Crippen LogP contribution is 2.24. The van der Waals surface area contributed by atoms with Crippen LogP contribution >= 0.6 is 11.3 Å². The fourth-order valence-corrected chi connectivity index (χ4v) is 3.84. The van der Waals surface area contributed by atoms with Crippen LogP contribution in [0.3, 0.4) is 0 Å². The number of thiazole rings is 1. The highest BCUT2D eigenvalue weighted by atomic mass is 32.1. The molecule has 0 aliphatic rings. The van der Waals surface area contributed by atoms with Gasteiger partial charge in [0.1, 0.15) is 0 Å². The Kier molecular flexibility index (Phi) is 5.39. The number of nitrogens with zero attached hydrogens (tertiary/aromatic N) is 1. The molecule has 0 fully saturated rings. The number of para-hydroxylation sites is 1. The number of rotatable bonds is 5. The molecule has 0 saturated heterocycles. The van der Waals surface area contributed by atoms with E-state index in [1.165, 1.54) is 10.3 Å². The molecule has 1 aromatic heterocycles. The van der Waals surface area contributed by atoms with E-state index in [0.717, 1.165) is 22.6 Å². The molecule has 0 bridgehead atoms. The Morgan fingerprint density at radius 2 is 1.81 bits per heavy atom. The molecule has 26 heavy (non-hydrogen) atoms. The fourth-order valence-electron chi connectivity index (χ4n) is 2.84. The van der Waals surface area contributed by atoms with Crippen LogP contribution in [0.15, 0.2) is 48.5 Å². The van der Waals surface area contributed by atoms with E-state index < -0.39 is 0 Å². The van der Waals surface area contributed by atoms with Crippen LogP contribution < -0.4 is 10.6 Å². The van der Waals surface area contributed by atoms with E-state index in [4.69, 9.17) is 0 Å². The van der Waals surface area contributed by atoms with E-state index in [1.807, 2.05) is 70.2 Å². The van der Waals surface area contributed by atoms with Gasteiger partial charge in [0.15, 0.2) is 0 Å². The van der Waals surface area contributed by atoms with Crippen LogP contribution in [0.25, 0.3) is 10.2 Å². The third-order valence-electron chi connectivity index (χ3n) is 3.96. The van der Waals surface area contributed by atoms with E-state index >= 15 is 0 Å². The maximum atomic E-state index is 12.3. The normalized spacial score (nSPS) is 12.9. The molecule has 136 valence electrons. The van der Waals surface area contributed by atoms with Crippen molar-refractivity contribution in [3.05, 3.63) is 59.1 Å². The Morgan fingerprint density at radius 1 is 1.12 bits per heavy atom. The number of carbonyl (C=O) groups is 1. The van der Waals surface area contributed by atoms with Gasteiger partial charge < -0.3 is 10.6 Å². The summed E-state index contributed by atoms with van der Waals surface area (Å²) in [7, 11) is 0. The maximum Gasteiger partial charge on any atom is 0.241 e. The van der Waals surface area contributed by atoms with Gasteiger partial charge in [0.2, 0.25) is 5.91 Å². The molecule has 2 N–H and O–H groups in total. The number of hydrogen-bond acceptors (Lipinski definition) is 4. The van der Waals surface area contributed by atoms with Crippen LogP contribution in [0.5, 0.6) is 0 Å². The van der Waals surface area contributed by atoms with Gasteiger partial charge in [-0.3, -0.25) is 4.79 Å². The van der Waals surface area contributed by atoms with Gasteiger partial charge in [-0.15, -0.1) is 11.3 Å². The Bertz CT molecular complexity index is 861. The lowest BCUT2D eigenvalue weighted by Crippen LogP contribution is -2.47. The van der Waals surface area contributed by atoms with Gasteiger partial charge in [-0.25, -0.2) is 4.98 Å². The minimum Gasteiger partial charge on any atom is -0.325 e. The summed E-state index contributed by atoms with van der Waals surface area (Å²) in [5.41, 5.74) is 2.95. The van der Waals surface area contributed by atoms with Crippen molar-refractivity contribution >= 4 is 33.1 Å². The second-order valence-electron chi connectivity index (χ2n) is 7.55. The number of amides is 1. The first-order valence-electron chi connectivity index (χ1n) is 8.82. The second-order valence-corrected chi connectivity index (χ2v) is 8.67. The first-order valence-corrected chi connectivity index (χ1v) is 9.64. The molecule has 0 aliphatic heterocycles. The summed E-state index contributed by atoms with van der Waals surface area (Å²) >= 11 is 1.73. The molecule has 3 rings (SSSR count). The molecule has 5 heteroatoms. The number of hydrogen-bond donors (Lipinski definition) is 2. The number of fused-ring (bicyclic) bond motifs is 1. The standard InChI is InChI=1S/C21H25N3OS/c1-14(24-21(2,3)4)20(25)22-16-11-9-15(10-12-16)13-19-23-17-7-5-6-8-18(17)26-19/h5-12,14,24H,13H2,1-4H3,(H,22,25)/t14-/m1/s1. The van der Waals surface area contributed by atoms with Crippen molar-refractivity contribution in [1.29, 1.82) is 0 Å². The number of carbonyl (C=O) groups excluding carboxylic acids is 1. The third kappa shape index (κ3) is 4.90. The molecular weight excluding hydrogens is 342 g/mol. The summed E-state index contributed by atoms with van der Waals surface area (Å²) in [4.78, 5) is 17.0. The largest absolute Gasteiger partial charge is 0.325 e. The van der Waals surface area contributed by atoms with Crippen LogP contribution in [-0.4, -0.2) is 22.5 Å². The molecule has 0 unspecified atom stereocenters. The quantitative estimate of drug-likeness (QED) is 0.693. The molecule has 3 aromatic rings. The first kappa shape index (κ1) is 18.5. The molecule has 0 aliphatic carbocycles. The fraction of sp³-hybridized carbons (Fsp3) is 0.333. The van der Waals surface area contributed by atoms with E-state index in [-0.39, 0.29) is 17.5 Å². The highest BCUT2D eigenvalue weighted by molar-refractivity contribution is 7.18. The van der Waals surface area contributed by atoms with Gasteiger partial charge in [-0.1, -0.05) is 24.3 Å². The summed E-state index contributed by atoms with van der Waals surface area (Å²) in [6, 6.07) is 15.9. The van der Waals surface area contributed by atoms with Crippen LogP contribution in [-0.2, 0) is 11.2 Å². The zero-order valence-electron chi connectivity index (χ0n) is 15.7. The molecule has 0 saturated carbocycles. The summed E-state index contributed by atoms with van der Waals surface area (Å²) in [5, 5.41) is 7.34. The average Bonchev–Trinajstić information content (AvgIpc) is 2.97. The smallest absolute Gasteiger partial charge is 0.241 e. The minimum atomic E-state index is -0.252. The Labute approximate surface area is 158 Å². The number of benzene rings is 2. The van der Waals surface area contributed by atoms with Crippen molar-refractivity contribution in [2.24, 2.45) is 0 Å². The van der Waals surface area contributed by atoms with Crippen LogP contribution in [0.1, 0.15) is 38.3 Å². The zero-order chi connectivity index (χ0) is 18.7. The average molecular weight is 368 g/mol. The second kappa shape index (κ2) is 7.56. The van der Waals surface area contributed by atoms with Gasteiger partial charge in [0, 0.05) is 17.6 Å². The van der Waals surface area contributed by atoms with Crippen molar-refractivity contribution in [1.82, 2.24) is 10.3 Å². The molecule has 0 spiro atoms. The van der Waals surface area contributed by atoms with Gasteiger partial charge in [-0.05, 0) is 57.5 Å². The van der Waals surface area contributed by atoms with Gasteiger partial charge in [0.05, 0.1) is 21.3 Å². The molecule has 1 amide bonds. The molecule has 1 atom stereocenters. The lowest BCUT2D eigenvalue weighted by Gasteiger charge is -2.25. The van der Waals surface area contributed by atoms with Gasteiger partial charge in [-0.2, -0.15) is 0 Å². The van der Waals surface area contributed by atoms with Crippen molar-refractivity contribution in [2.45, 2.75) is 45.7 Å². The number of aromatic nitrogens is 1. The van der Waals surface area contributed by atoms with Crippen LogP contribution in [0, 0.1) is 0 Å². The highest BCUT2D eigenvalue weighted by Gasteiger charge is 2.19. The minimum absolute atomic E-state index is 0.0288. The Hall–Kier alpha value is -2.24. The monoisotopic (exact) mass is 367 g/mol. The SMILES string of the molecule is C[C@@H](NC(C)(C)C)C(=O)Nc1ccc(Cc2nc3ccccc3s2)cc1. The maximum absolute atomic E-state index is 12.3.